The first-order valence-electron chi connectivity index (χ1n) is 7.28. The average molecular weight is 289 g/mol. The second-order valence-electron chi connectivity index (χ2n) is 5.71. The third-order valence-corrected chi connectivity index (χ3v) is 4.20. The molecular formula is C16H19NO4. The van der Waals surface area contributed by atoms with Crippen molar-refractivity contribution in [3.8, 4) is 0 Å². The van der Waals surface area contributed by atoms with Crippen LogP contribution >= 0.6 is 0 Å². The Morgan fingerprint density at radius 2 is 1.95 bits per heavy atom. The van der Waals surface area contributed by atoms with Gasteiger partial charge in [0.1, 0.15) is 13.2 Å². The van der Waals surface area contributed by atoms with E-state index < -0.39 is 0 Å². The Bertz CT molecular complexity index is 520. The Hall–Kier alpha value is -1.88. The number of carbonyl (C=O) groups excluding carboxylic acids is 2. The molecule has 5 nitrogen and oxygen atoms in total. The maximum Gasteiger partial charge on any atom is 0.410 e. The van der Waals surface area contributed by atoms with Crippen molar-refractivity contribution in [1.29, 1.82) is 0 Å². The highest BCUT2D eigenvalue weighted by molar-refractivity contribution is 5.82. The minimum Gasteiger partial charge on any atom is -0.445 e. The molecule has 112 valence electrons. The van der Waals surface area contributed by atoms with E-state index in [1.54, 1.807) is 4.90 Å². The maximum atomic E-state index is 12.0. The highest BCUT2D eigenvalue weighted by Gasteiger charge is 2.43. The largest absolute Gasteiger partial charge is 0.445 e. The molecule has 2 fully saturated rings. The zero-order chi connectivity index (χ0) is 14.7. The lowest BCUT2D eigenvalue weighted by atomic mass is 9.88. The molecule has 0 N–H and O–H groups in total. The molecule has 0 bridgehead atoms. The van der Waals surface area contributed by atoms with Crippen LogP contribution in [0.3, 0.4) is 0 Å². The average Bonchev–Trinajstić information content (AvgIpc) is 2.87. The van der Waals surface area contributed by atoms with Crippen LogP contribution in [0.4, 0.5) is 4.79 Å². The number of piperidine rings is 1. The number of Topliss-reactive ketones (excluding diaryl/α,β-unsaturated/α-hetero) is 1. The molecule has 2 heterocycles. The van der Waals surface area contributed by atoms with Gasteiger partial charge in [-0.05, 0) is 18.4 Å². The zero-order valence-electron chi connectivity index (χ0n) is 11.9. The van der Waals surface area contributed by atoms with Crippen LogP contribution < -0.4 is 0 Å². The molecule has 1 aromatic carbocycles. The Kier molecular flexibility index (Phi) is 3.92. The number of ketones is 1. The Balaban J connectivity index is 1.48. The number of ether oxygens (including phenoxy) is 2. The molecule has 0 aromatic heterocycles. The summed E-state index contributed by atoms with van der Waals surface area (Å²) in [6.07, 6.45) is 1.61. The predicted octanol–water partition coefficient (Wildman–Crippen LogP) is 2.15. The predicted molar refractivity (Wildman–Crippen MR) is 75.7 cm³/mol. The number of hydrogen-bond donors (Lipinski definition) is 0. The van der Waals surface area contributed by atoms with E-state index in [9.17, 15) is 9.59 Å². The van der Waals surface area contributed by atoms with Gasteiger partial charge in [-0.3, -0.25) is 4.79 Å². The van der Waals surface area contributed by atoms with Gasteiger partial charge in [-0.25, -0.2) is 4.79 Å². The second-order valence-corrected chi connectivity index (χ2v) is 5.71. The molecule has 2 saturated heterocycles. The molecule has 1 amide bonds. The van der Waals surface area contributed by atoms with Crippen LogP contribution in [0, 0.1) is 0 Å². The summed E-state index contributed by atoms with van der Waals surface area (Å²) < 4.78 is 10.9. The fourth-order valence-corrected chi connectivity index (χ4v) is 2.92. The van der Waals surface area contributed by atoms with Crippen molar-refractivity contribution < 1.29 is 19.1 Å². The molecule has 1 spiro atoms. The normalized spacial score (nSPS) is 20.8. The lowest BCUT2D eigenvalue weighted by Crippen LogP contribution is -2.46. The van der Waals surface area contributed by atoms with E-state index in [1.165, 1.54) is 0 Å². The highest BCUT2D eigenvalue weighted by atomic mass is 16.6. The van der Waals surface area contributed by atoms with Crippen molar-refractivity contribution in [2.75, 3.05) is 19.7 Å². The number of benzene rings is 1. The van der Waals surface area contributed by atoms with Gasteiger partial charge in [-0.1, -0.05) is 30.3 Å². The maximum absolute atomic E-state index is 12.0. The molecule has 0 atom stereocenters. The van der Waals surface area contributed by atoms with Crippen molar-refractivity contribution in [3.05, 3.63) is 35.9 Å². The highest BCUT2D eigenvalue weighted by Crippen LogP contribution is 2.34. The van der Waals surface area contributed by atoms with Crippen LogP contribution in [0.1, 0.15) is 24.8 Å². The first kappa shape index (κ1) is 14.1. The topological polar surface area (TPSA) is 55.8 Å². The molecule has 0 unspecified atom stereocenters. The SMILES string of the molecule is O=C1COC2(CCN(C(=O)OCc3ccccc3)CC2)C1. The summed E-state index contributed by atoms with van der Waals surface area (Å²) in [6.45, 7) is 1.68. The molecule has 0 radical (unpaired) electrons. The molecule has 21 heavy (non-hydrogen) atoms. The molecule has 0 saturated carbocycles. The van der Waals surface area contributed by atoms with Crippen molar-refractivity contribution >= 4 is 11.9 Å². The first-order valence-corrected chi connectivity index (χ1v) is 7.28. The fourth-order valence-electron chi connectivity index (χ4n) is 2.92. The fraction of sp³-hybridized carbons (Fsp3) is 0.500. The molecule has 5 heteroatoms. The van der Waals surface area contributed by atoms with Gasteiger partial charge in [-0.2, -0.15) is 0 Å². The Morgan fingerprint density at radius 3 is 2.57 bits per heavy atom. The van der Waals surface area contributed by atoms with E-state index in [2.05, 4.69) is 0 Å². The van der Waals surface area contributed by atoms with Crippen LogP contribution in [-0.2, 0) is 20.9 Å². The van der Waals surface area contributed by atoms with Crippen LogP contribution in [0.25, 0.3) is 0 Å². The zero-order valence-corrected chi connectivity index (χ0v) is 11.9. The lowest BCUT2D eigenvalue weighted by molar-refractivity contribution is -0.118. The number of carbonyl (C=O) groups is 2. The summed E-state index contributed by atoms with van der Waals surface area (Å²) in [7, 11) is 0. The van der Waals surface area contributed by atoms with Gasteiger partial charge >= 0.3 is 6.09 Å². The van der Waals surface area contributed by atoms with E-state index in [0.29, 0.717) is 32.4 Å². The van der Waals surface area contributed by atoms with Crippen LogP contribution in [0.2, 0.25) is 0 Å². The minimum atomic E-state index is -0.326. The number of rotatable bonds is 2. The molecule has 2 aliphatic heterocycles. The molecule has 3 rings (SSSR count). The molecular weight excluding hydrogens is 270 g/mol. The summed E-state index contributed by atoms with van der Waals surface area (Å²) in [5.41, 5.74) is 0.650. The minimum absolute atomic E-state index is 0.162. The summed E-state index contributed by atoms with van der Waals surface area (Å²) in [6, 6.07) is 9.62. The second kappa shape index (κ2) is 5.85. The van der Waals surface area contributed by atoms with E-state index >= 15 is 0 Å². The summed E-state index contributed by atoms with van der Waals surface area (Å²) in [4.78, 5) is 25.1. The van der Waals surface area contributed by atoms with E-state index in [4.69, 9.17) is 9.47 Å². The smallest absolute Gasteiger partial charge is 0.410 e. The van der Waals surface area contributed by atoms with Gasteiger partial charge in [0, 0.05) is 19.5 Å². The monoisotopic (exact) mass is 289 g/mol. The van der Waals surface area contributed by atoms with Gasteiger partial charge in [-0.15, -0.1) is 0 Å². The van der Waals surface area contributed by atoms with Gasteiger partial charge in [0.2, 0.25) is 0 Å². The van der Waals surface area contributed by atoms with Gasteiger partial charge in [0.25, 0.3) is 0 Å². The number of nitrogens with zero attached hydrogens (tertiary/aromatic N) is 1. The van der Waals surface area contributed by atoms with Crippen molar-refractivity contribution in [3.63, 3.8) is 0 Å². The van der Waals surface area contributed by atoms with Crippen LogP contribution in [0.5, 0.6) is 0 Å². The van der Waals surface area contributed by atoms with Crippen molar-refractivity contribution in [2.24, 2.45) is 0 Å². The molecule has 1 aromatic rings. The third kappa shape index (κ3) is 3.24. The van der Waals surface area contributed by atoms with Gasteiger partial charge in [0.15, 0.2) is 5.78 Å². The standard InChI is InChI=1S/C16H19NO4/c18-14-10-16(21-12-14)6-8-17(9-7-16)15(19)20-11-13-4-2-1-3-5-13/h1-5H,6-12H2. The van der Waals surface area contributed by atoms with Gasteiger partial charge in [0.05, 0.1) is 5.60 Å². The molecule has 0 aliphatic carbocycles. The third-order valence-electron chi connectivity index (χ3n) is 4.20. The Labute approximate surface area is 123 Å². The van der Waals surface area contributed by atoms with E-state index in [0.717, 1.165) is 5.56 Å². The van der Waals surface area contributed by atoms with Crippen LogP contribution in [0.15, 0.2) is 30.3 Å². The summed E-state index contributed by atoms with van der Waals surface area (Å²) in [5.74, 6) is 0.162. The summed E-state index contributed by atoms with van der Waals surface area (Å²) >= 11 is 0. The van der Waals surface area contributed by atoms with Crippen molar-refractivity contribution in [1.82, 2.24) is 4.90 Å². The quantitative estimate of drug-likeness (QED) is 0.837. The van der Waals surface area contributed by atoms with E-state index in [-0.39, 0.29) is 30.7 Å². The first-order chi connectivity index (χ1) is 10.2. The Morgan fingerprint density at radius 1 is 1.24 bits per heavy atom. The number of likely N-dealkylation sites (tertiary alicyclic amines) is 1. The van der Waals surface area contributed by atoms with Gasteiger partial charge < -0.3 is 14.4 Å². The summed E-state index contributed by atoms with van der Waals surface area (Å²) in [5, 5.41) is 0. The number of hydrogen-bond acceptors (Lipinski definition) is 4. The van der Waals surface area contributed by atoms with Crippen LogP contribution in [-0.4, -0.2) is 42.1 Å². The molecule has 2 aliphatic rings. The number of amides is 1. The van der Waals surface area contributed by atoms with E-state index in [1.807, 2.05) is 30.3 Å². The lowest BCUT2D eigenvalue weighted by Gasteiger charge is -2.37. The van der Waals surface area contributed by atoms with Crippen molar-refractivity contribution in [2.45, 2.75) is 31.5 Å².